The number of nitrogens with zero attached hydrogens (tertiary/aromatic N) is 1. The Labute approximate surface area is 96.6 Å². The molecule has 0 saturated carbocycles. The second-order valence-electron chi connectivity index (χ2n) is 3.37. The fraction of sp³-hybridized carbons (Fsp3) is 0.444. The molecule has 2 amide bonds. The summed E-state index contributed by atoms with van der Waals surface area (Å²) in [6, 6.07) is -0.502. The molecule has 4 N–H and O–H groups in total. The topological polar surface area (TPSA) is 125 Å². The number of carbonyl (C=O) groups excluding carboxylic acids is 1. The minimum Gasteiger partial charge on any atom is -0.480 e. The average molecular weight is 243 g/mol. The highest BCUT2D eigenvalue weighted by atomic mass is 16.5. The van der Waals surface area contributed by atoms with Gasteiger partial charge in [0.25, 0.3) is 0 Å². The minimum atomic E-state index is -1.35. The van der Waals surface area contributed by atoms with Crippen molar-refractivity contribution in [3.63, 3.8) is 0 Å². The number of rotatable bonds is 5. The molecule has 8 nitrogen and oxygen atoms in total. The van der Waals surface area contributed by atoms with Gasteiger partial charge in [-0.25, -0.2) is 9.59 Å². The van der Waals surface area contributed by atoms with Crippen LogP contribution in [0, 0.1) is 0 Å². The monoisotopic (exact) mass is 243 g/mol. The number of aromatic nitrogens is 1. The highest BCUT2D eigenvalue weighted by Crippen LogP contribution is 1.95. The van der Waals surface area contributed by atoms with E-state index in [0.29, 0.717) is 5.69 Å². The predicted molar refractivity (Wildman–Crippen MR) is 55.0 cm³/mol. The Kier molecular flexibility index (Phi) is 4.46. The van der Waals surface area contributed by atoms with Crippen molar-refractivity contribution >= 4 is 12.0 Å². The third kappa shape index (κ3) is 4.11. The van der Waals surface area contributed by atoms with Gasteiger partial charge in [0.1, 0.15) is 12.0 Å². The fourth-order valence-corrected chi connectivity index (χ4v) is 1.08. The van der Waals surface area contributed by atoms with Crippen molar-refractivity contribution in [2.45, 2.75) is 25.6 Å². The van der Waals surface area contributed by atoms with Crippen molar-refractivity contribution in [3.05, 3.63) is 18.0 Å². The van der Waals surface area contributed by atoms with Crippen molar-refractivity contribution in [2.24, 2.45) is 0 Å². The van der Waals surface area contributed by atoms with Crippen molar-refractivity contribution in [3.8, 4) is 0 Å². The molecule has 1 aromatic heterocycles. The summed E-state index contributed by atoms with van der Waals surface area (Å²) in [5.74, 6) is -1.31. The van der Waals surface area contributed by atoms with Crippen LogP contribution in [0.3, 0.4) is 0 Å². The van der Waals surface area contributed by atoms with E-state index in [9.17, 15) is 9.59 Å². The first-order valence-electron chi connectivity index (χ1n) is 4.85. The lowest BCUT2D eigenvalue weighted by atomic mass is 10.2. The smallest absolute Gasteiger partial charge is 0.328 e. The van der Waals surface area contributed by atoms with Crippen LogP contribution in [0.2, 0.25) is 0 Å². The second kappa shape index (κ2) is 5.85. The van der Waals surface area contributed by atoms with Gasteiger partial charge in [0.15, 0.2) is 6.04 Å². The Morgan fingerprint density at radius 2 is 2.29 bits per heavy atom. The summed E-state index contributed by atoms with van der Waals surface area (Å²) in [4.78, 5) is 22.0. The maximum absolute atomic E-state index is 11.3. The van der Waals surface area contributed by atoms with E-state index in [2.05, 4.69) is 20.3 Å². The molecule has 0 saturated heterocycles. The molecule has 8 heteroatoms. The van der Waals surface area contributed by atoms with E-state index in [1.165, 1.54) is 13.2 Å². The number of carboxylic acids is 1. The van der Waals surface area contributed by atoms with Gasteiger partial charge in [0, 0.05) is 6.07 Å². The summed E-state index contributed by atoms with van der Waals surface area (Å²) in [6.45, 7) is 1.38. The maximum atomic E-state index is 11.3. The number of nitrogens with one attached hydrogen (secondary N) is 2. The molecule has 1 aromatic rings. The van der Waals surface area contributed by atoms with Crippen LogP contribution in [0.1, 0.15) is 12.6 Å². The number of amides is 2. The third-order valence-corrected chi connectivity index (χ3v) is 1.96. The van der Waals surface area contributed by atoms with E-state index in [-0.39, 0.29) is 6.54 Å². The Bertz CT molecular complexity index is 376. The van der Waals surface area contributed by atoms with E-state index < -0.39 is 24.1 Å². The van der Waals surface area contributed by atoms with Crippen LogP contribution >= 0.6 is 0 Å². The molecule has 1 heterocycles. The maximum Gasteiger partial charge on any atom is 0.328 e. The molecule has 0 radical (unpaired) electrons. The van der Waals surface area contributed by atoms with Gasteiger partial charge in [-0.3, -0.25) is 0 Å². The molecule has 0 aliphatic rings. The van der Waals surface area contributed by atoms with Gasteiger partial charge in [-0.1, -0.05) is 5.16 Å². The van der Waals surface area contributed by atoms with Crippen LogP contribution in [0.25, 0.3) is 0 Å². The van der Waals surface area contributed by atoms with Crippen molar-refractivity contribution < 1.29 is 24.3 Å². The highest BCUT2D eigenvalue weighted by Gasteiger charge is 2.24. The lowest BCUT2D eigenvalue weighted by Gasteiger charge is -2.17. The largest absolute Gasteiger partial charge is 0.480 e. The number of carboxylic acid groups (broad SMARTS) is 1. The van der Waals surface area contributed by atoms with E-state index in [1.54, 1.807) is 6.07 Å². The number of urea groups is 1. The Morgan fingerprint density at radius 3 is 2.76 bits per heavy atom. The van der Waals surface area contributed by atoms with Crippen LogP contribution in [-0.4, -0.2) is 39.5 Å². The van der Waals surface area contributed by atoms with Gasteiger partial charge in [0.05, 0.1) is 12.6 Å². The predicted octanol–water partition coefficient (Wildman–Crippen LogP) is -0.692. The summed E-state index contributed by atoms with van der Waals surface area (Å²) in [5.41, 5.74) is 0.504. The molecular formula is C9H13N3O5. The fourth-order valence-electron chi connectivity index (χ4n) is 1.08. The number of hydrogen-bond acceptors (Lipinski definition) is 5. The standard InChI is InChI=1S/C9H13N3O5/c1-5(13)7(8(14)15)11-9(16)10-4-6-2-3-17-12-6/h2-3,5,7,13H,4H2,1H3,(H,14,15)(H2,10,11,16). The summed E-state index contributed by atoms with van der Waals surface area (Å²) in [7, 11) is 0. The quantitative estimate of drug-likeness (QED) is 0.542. The molecular weight excluding hydrogens is 230 g/mol. The summed E-state index contributed by atoms with van der Waals surface area (Å²) < 4.78 is 4.55. The first-order valence-corrected chi connectivity index (χ1v) is 4.85. The first kappa shape index (κ1) is 13.0. The summed E-state index contributed by atoms with van der Waals surface area (Å²) in [6.07, 6.45) is 0.162. The first-order chi connectivity index (χ1) is 8.00. The zero-order valence-electron chi connectivity index (χ0n) is 9.08. The van der Waals surface area contributed by atoms with Gasteiger partial charge >= 0.3 is 12.0 Å². The van der Waals surface area contributed by atoms with Gasteiger partial charge in [-0.15, -0.1) is 0 Å². The Balaban J connectivity index is 2.40. The van der Waals surface area contributed by atoms with Gasteiger partial charge < -0.3 is 25.4 Å². The molecule has 0 aliphatic heterocycles. The van der Waals surface area contributed by atoms with Crippen LogP contribution < -0.4 is 10.6 Å². The summed E-state index contributed by atoms with van der Waals surface area (Å²) in [5, 5.41) is 25.9. The molecule has 0 spiro atoms. The average Bonchev–Trinajstić information content (AvgIpc) is 2.74. The van der Waals surface area contributed by atoms with E-state index in [4.69, 9.17) is 10.2 Å². The Morgan fingerprint density at radius 1 is 1.59 bits per heavy atom. The molecule has 0 fully saturated rings. The van der Waals surface area contributed by atoms with Crippen LogP contribution in [-0.2, 0) is 11.3 Å². The number of aliphatic carboxylic acids is 1. The number of carbonyl (C=O) groups is 2. The molecule has 17 heavy (non-hydrogen) atoms. The number of aliphatic hydroxyl groups is 1. The highest BCUT2D eigenvalue weighted by molar-refractivity contribution is 5.82. The molecule has 2 atom stereocenters. The normalized spacial score (nSPS) is 13.8. The molecule has 0 aliphatic carbocycles. The van der Waals surface area contributed by atoms with E-state index in [0.717, 1.165) is 0 Å². The SMILES string of the molecule is CC(O)C(NC(=O)NCc1ccon1)C(=O)O. The molecule has 0 bridgehead atoms. The second-order valence-corrected chi connectivity index (χ2v) is 3.37. The van der Waals surface area contributed by atoms with Crippen LogP contribution in [0.4, 0.5) is 4.79 Å². The molecule has 0 aromatic carbocycles. The van der Waals surface area contributed by atoms with Crippen LogP contribution in [0.15, 0.2) is 16.9 Å². The van der Waals surface area contributed by atoms with Gasteiger partial charge in [-0.05, 0) is 6.92 Å². The zero-order chi connectivity index (χ0) is 12.8. The molecule has 1 rings (SSSR count). The van der Waals surface area contributed by atoms with Crippen molar-refractivity contribution in [2.75, 3.05) is 0 Å². The lowest BCUT2D eigenvalue weighted by Crippen LogP contribution is -2.50. The van der Waals surface area contributed by atoms with Crippen molar-refractivity contribution in [1.29, 1.82) is 0 Å². The third-order valence-electron chi connectivity index (χ3n) is 1.96. The minimum absolute atomic E-state index is 0.106. The Hall–Kier alpha value is -2.09. The number of hydrogen-bond donors (Lipinski definition) is 4. The van der Waals surface area contributed by atoms with E-state index in [1.807, 2.05) is 0 Å². The van der Waals surface area contributed by atoms with Gasteiger partial charge in [-0.2, -0.15) is 0 Å². The number of aliphatic hydroxyl groups excluding tert-OH is 1. The van der Waals surface area contributed by atoms with Crippen LogP contribution in [0.5, 0.6) is 0 Å². The summed E-state index contributed by atoms with van der Waals surface area (Å²) >= 11 is 0. The van der Waals surface area contributed by atoms with Gasteiger partial charge in [0.2, 0.25) is 0 Å². The lowest BCUT2D eigenvalue weighted by molar-refractivity contribution is -0.141. The molecule has 94 valence electrons. The zero-order valence-corrected chi connectivity index (χ0v) is 9.08. The van der Waals surface area contributed by atoms with Crippen molar-refractivity contribution in [1.82, 2.24) is 15.8 Å². The van der Waals surface area contributed by atoms with E-state index >= 15 is 0 Å². The molecule has 2 unspecified atom stereocenters.